The Morgan fingerprint density at radius 2 is 1.59 bits per heavy atom. The third-order valence-electron chi connectivity index (χ3n) is 12.7. The van der Waals surface area contributed by atoms with Crippen LogP contribution in [0.1, 0.15) is 133 Å². The Hall–Kier alpha value is -1.36. The molecule has 0 radical (unpaired) electrons. The molecule has 0 bridgehead atoms. The monoisotopic (exact) mass is 544 g/mol. The van der Waals surface area contributed by atoms with Crippen LogP contribution in [0, 0.1) is 39.4 Å². The zero-order chi connectivity index (χ0) is 29.2. The second-order valence-corrected chi connectivity index (χ2v) is 15.6. The zero-order valence-corrected chi connectivity index (χ0v) is 26.5. The van der Waals surface area contributed by atoms with Gasteiger partial charge in [0.2, 0.25) is 0 Å². The summed E-state index contributed by atoms with van der Waals surface area (Å²) in [6, 6.07) is 0. The highest BCUT2D eigenvalue weighted by Gasteiger charge is 2.63. The lowest BCUT2D eigenvalue weighted by atomic mass is 9.43. The fourth-order valence-electron chi connectivity index (χ4n) is 10.4. The first-order chi connectivity index (χ1) is 17.9. The van der Waals surface area contributed by atoms with Gasteiger partial charge >= 0.3 is 11.9 Å². The van der Waals surface area contributed by atoms with E-state index < -0.39 is 11.7 Å². The lowest BCUT2D eigenvalue weighted by molar-refractivity contribution is -0.167. The van der Waals surface area contributed by atoms with E-state index in [9.17, 15) is 14.7 Å². The fourth-order valence-corrected chi connectivity index (χ4v) is 10.4. The lowest BCUT2D eigenvalue weighted by Gasteiger charge is -2.62. The standard InChI is InChI=1S/C34H56O5/c1-21(11-14-29(31(6,7)37)39-23(3)36)24-15-19-34(10)26-12-13-27-30(4,5)28(38-22(2)35)17-18-32(27,8)25(26)16-20-33(24,34)9/h21,24,27-29,37H,11-20H2,1-10H3/t21-,24-,27+,28+,29?,32-,33-,34+/m1/s1. The van der Waals surface area contributed by atoms with Crippen molar-refractivity contribution in [1.29, 1.82) is 0 Å². The molecule has 0 saturated heterocycles. The molecule has 2 saturated carbocycles. The van der Waals surface area contributed by atoms with Crippen LogP contribution in [-0.4, -0.2) is 34.9 Å². The normalized spacial score (nSPS) is 39.2. The van der Waals surface area contributed by atoms with E-state index in [1.807, 2.05) is 0 Å². The fraction of sp³-hybridized carbons (Fsp3) is 0.882. The van der Waals surface area contributed by atoms with Crippen molar-refractivity contribution in [3.8, 4) is 0 Å². The first-order valence-electron chi connectivity index (χ1n) is 15.7. The van der Waals surface area contributed by atoms with Gasteiger partial charge in [0.15, 0.2) is 0 Å². The van der Waals surface area contributed by atoms with E-state index in [1.54, 1.807) is 31.9 Å². The van der Waals surface area contributed by atoms with E-state index in [2.05, 4.69) is 41.5 Å². The molecule has 0 amide bonds. The number of carbonyl (C=O) groups is 2. The van der Waals surface area contributed by atoms with E-state index in [-0.39, 0.29) is 39.7 Å². The van der Waals surface area contributed by atoms with Crippen LogP contribution < -0.4 is 0 Å². The predicted octanol–water partition coefficient (Wildman–Crippen LogP) is 7.79. The van der Waals surface area contributed by atoms with Crippen molar-refractivity contribution in [2.45, 2.75) is 151 Å². The third-order valence-corrected chi connectivity index (χ3v) is 12.7. The lowest BCUT2D eigenvalue weighted by Crippen LogP contribution is -2.55. The highest BCUT2D eigenvalue weighted by Crippen LogP contribution is 2.72. The maximum atomic E-state index is 11.9. The summed E-state index contributed by atoms with van der Waals surface area (Å²) < 4.78 is 11.4. The minimum atomic E-state index is -1.04. The summed E-state index contributed by atoms with van der Waals surface area (Å²) in [5.74, 6) is 1.19. The second-order valence-electron chi connectivity index (χ2n) is 15.6. The number of esters is 2. The number of aliphatic hydroxyl groups is 1. The molecule has 4 rings (SSSR count). The maximum absolute atomic E-state index is 11.9. The van der Waals surface area contributed by atoms with Gasteiger partial charge in [-0.1, -0.05) is 52.7 Å². The van der Waals surface area contributed by atoms with Gasteiger partial charge in [0.1, 0.15) is 12.2 Å². The average Bonchev–Trinajstić information content (AvgIpc) is 3.08. The van der Waals surface area contributed by atoms with Crippen molar-refractivity contribution in [1.82, 2.24) is 0 Å². The highest BCUT2D eigenvalue weighted by atomic mass is 16.6. The Morgan fingerprint density at radius 3 is 2.18 bits per heavy atom. The minimum absolute atomic E-state index is 0.0103. The summed E-state index contributed by atoms with van der Waals surface area (Å²) in [4.78, 5) is 23.6. The summed E-state index contributed by atoms with van der Waals surface area (Å²) in [7, 11) is 0. The van der Waals surface area contributed by atoms with Gasteiger partial charge in [0.05, 0.1) is 5.60 Å². The van der Waals surface area contributed by atoms with Gasteiger partial charge in [-0.15, -0.1) is 0 Å². The molecule has 2 fully saturated rings. The van der Waals surface area contributed by atoms with E-state index in [0.29, 0.717) is 24.2 Å². The molecule has 0 aromatic carbocycles. The Labute approximate surface area is 237 Å². The molecule has 39 heavy (non-hydrogen) atoms. The molecule has 5 nitrogen and oxygen atoms in total. The zero-order valence-electron chi connectivity index (χ0n) is 26.5. The quantitative estimate of drug-likeness (QED) is 0.262. The molecular formula is C34H56O5. The van der Waals surface area contributed by atoms with Crippen molar-refractivity contribution >= 4 is 11.9 Å². The molecule has 4 aliphatic carbocycles. The second kappa shape index (κ2) is 10.2. The summed E-state index contributed by atoms with van der Waals surface area (Å²) in [6.07, 6.45) is 10.5. The third kappa shape index (κ3) is 5.01. The number of hydrogen-bond acceptors (Lipinski definition) is 5. The number of ether oxygens (including phenoxy) is 2. The maximum Gasteiger partial charge on any atom is 0.303 e. The van der Waals surface area contributed by atoms with E-state index in [0.717, 1.165) is 19.3 Å². The SMILES string of the molecule is CC(=O)OC(CC[C@@H](C)[C@H]1CC[C@@]2(C)C3=C(CC[C@]12C)[C@@]1(C)CC[C@H](OC(C)=O)C(C)(C)[C@@H]1CC3)C(C)(C)O. The first kappa shape index (κ1) is 30.6. The summed E-state index contributed by atoms with van der Waals surface area (Å²) in [6.45, 7) is 21.2. The Bertz CT molecular complexity index is 1000. The van der Waals surface area contributed by atoms with Crippen LogP contribution in [0.2, 0.25) is 0 Å². The van der Waals surface area contributed by atoms with Crippen molar-refractivity contribution in [2.24, 2.45) is 39.4 Å². The minimum Gasteiger partial charge on any atom is -0.462 e. The predicted molar refractivity (Wildman–Crippen MR) is 155 cm³/mol. The van der Waals surface area contributed by atoms with Crippen molar-refractivity contribution in [2.75, 3.05) is 0 Å². The van der Waals surface area contributed by atoms with Gasteiger partial charge in [-0.2, -0.15) is 0 Å². The van der Waals surface area contributed by atoms with Crippen molar-refractivity contribution in [3.05, 3.63) is 11.1 Å². The Morgan fingerprint density at radius 1 is 0.923 bits per heavy atom. The smallest absolute Gasteiger partial charge is 0.303 e. The largest absolute Gasteiger partial charge is 0.462 e. The molecule has 0 aromatic heterocycles. The van der Waals surface area contributed by atoms with Crippen LogP contribution in [-0.2, 0) is 19.1 Å². The molecule has 222 valence electrons. The van der Waals surface area contributed by atoms with Crippen molar-refractivity contribution < 1.29 is 24.2 Å². The van der Waals surface area contributed by atoms with Crippen LogP contribution in [0.25, 0.3) is 0 Å². The number of allylic oxidation sites excluding steroid dienone is 2. The van der Waals surface area contributed by atoms with Gasteiger partial charge in [-0.3, -0.25) is 9.59 Å². The average molecular weight is 545 g/mol. The van der Waals surface area contributed by atoms with Crippen LogP contribution in [0.5, 0.6) is 0 Å². The molecule has 8 atom stereocenters. The van der Waals surface area contributed by atoms with Gasteiger partial charge < -0.3 is 14.6 Å². The molecular weight excluding hydrogens is 488 g/mol. The van der Waals surface area contributed by atoms with Crippen LogP contribution >= 0.6 is 0 Å². The number of hydrogen-bond donors (Lipinski definition) is 1. The van der Waals surface area contributed by atoms with Gasteiger partial charge in [-0.25, -0.2) is 0 Å². The van der Waals surface area contributed by atoms with Gasteiger partial charge in [0, 0.05) is 19.3 Å². The van der Waals surface area contributed by atoms with Crippen LogP contribution in [0.4, 0.5) is 0 Å². The molecule has 4 aliphatic rings. The number of fused-ring (bicyclic) bond motifs is 4. The topological polar surface area (TPSA) is 72.8 Å². The summed E-state index contributed by atoms with van der Waals surface area (Å²) >= 11 is 0. The summed E-state index contributed by atoms with van der Waals surface area (Å²) in [5.41, 5.74) is 3.11. The number of carbonyl (C=O) groups excluding carboxylic acids is 2. The molecule has 0 aromatic rings. The Kier molecular flexibility index (Phi) is 7.98. The van der Waals surface area contributed by atoms with Crippen LogP contribution in [0.3, 0.4) is 0 Å². The molecule has 0 aliphatic heterocycles. The number of rotatable bonds is 7. The van der Waals surface area contributed by atoms with E-state index in [1.165, 1.54) is 45.4 Å². The van der Waals surface area contributed by atoms with Gasteiger partial charge in [0.25, 0.3) is 0 Å². The van der Waals surface area contributed by atoms with Crippen molar-refractivity contribution in [3.63, 3.8) is 0 Å². The van der Waals surface area contributed by atoms with Crippen LogP contribution in [0.15, 0.2) is 11.1 Å². The summed E-state index contributed by atoms with van der Waals surface area (Å²) in [5, 5.41) is 10.6. The van der Waals surface area contributed by atoms with E-state index in [4.69, 9.17) is 9.47 Å². The molecule has 0 heterocycles. The van der Waals surface area contributed by atoms with Gasteiger partial charge in [-0.05, 0) is 112 Å². The molecule has 1 N–H and O–H groups in total. The molecule has 1 unspecified atom stereocenters. The first-order valence-corrected chi connectivity index (χ1v) is 15.7. The molecule has 5 heteroatoms. The molecule has 0 spiro atoms. The van der Waals surface area contributed by atoms with E-state index >= 15 is 0 Å². The highest BCUT2D eigenvalue weighted by molar-refractivity contribution is 5.66. The Balaban J connectivity index is 1.57.